The number of nitrogens with two attached hydrogens (primary N) is 1. The van der Waals surface area contributed by atoms with E-state index in [9.17, 15) is 8.42 Å². The molecule has 0 amide bonds. The van der Waals surface area contributed by atoms with Crippen LogP contribution in [-0.2, 0) is 16.6 Å². The second-order valence-electron chi connectivity index (χ2n) is 4.55. The molecule has 6 heteroatoms. The molecule has 2 aromatic rings. The van der Waals surface area contributed by atoms with Crippen molar-refractivity contribution in [1.29, 1.82) is 0 Å². The number of hydrogen-bond acceptors (Lipinski definition) is 4. The predicted molar refractivity (Wildman–Crippen MR) is 77.6 cm³/mol. The zero-order valence-corrected chi connectivity index (χ0v) is 12.4. The van der Waals surface area contributed by atoms with Crippen molar-refractivity contribution in [2.45, 2.75) is 25.3 Å². The maximum absolute atomic E-state index is 12.6. The Morgan fingerprint density at radius 1 is 1.30 bits per heavy atom. The van der Waals surface area contributed by atoms with Crippen LogP contribution in [0.25, 0.3) is 0 Å². The lowest BCUT2D eigenvalue weighted by Crippen LogP contribution is -2.30. The minimum absolute atomic E-state index is 0.136. The summed E-state index contributed by atoms with van der Waals surface area (Å²) in [6.07, 6.45) is 1.52. The van der Waals surface area contributed by atoms with Gasteiger partial charge in [-0.25, -0.2) is 8.42 Å². The van der Waals surface area contributed by atoms with Gasteiger partial charge in [0.1, 0.15) is 10.7 Å². The molecule has 0 aliphatic heterocycles. The molecule has 0 spiro atoms. The Balaban J connectivity index is 2.36. The van der Waals surface area contributed by atoms with Gasteiger partial charge in [-0.1, -0.05) is 13.0 Å². The van der Waals surface area contributed by atoms with Crippen molar-refractivity contribution >= 4 is 15.7 Å². The number of nitrogen functional groups attached to an aromatic ring is 1. The number of benzene rings is 1. The highest BCUT2D eigenvalue weighted by Crippen LogP contribution is 2.24. The number of furan rings is 1. The average Bonchev–Trinajstić information content (AvgIpc) is 2.88. The summed E-state index contributed by atoms with van der Waals surface area (Å²) in [6, 6.07) is 8.43. The minimum Gasteiger partial charge on any atom is -0.468 e. The smallest absolute Gasteiger partial charge is 0.245 e. The summed E-state index contributed by atoms with van der Waals surface area (Å²) >= 11 is 0. The molecule has 5 nitrogen and oxygen atoms in total. The normalized spacial score (nSPS) is 11.9. The Morgan fingerprint density at radius 3 is 2.60 bits per heavy atom. The van der Waals surface area contributed by atoms with Gasteiger partial charge in [0.15, 0.2) is 0 Å². The van der Waals surface area contributed by atoms with Crippen molar-refractivity contribution in [3.8, 4) is 0 Å². The van der Waals surface area contributed by atoms with E-state index in [2.05, 4.69) is 0 Å². The largest absolute Gasteiger partial charge is 0.468 e. The standard InChI is InChI=1S/C14H18N2O3S/c1-3-16(10-12-5-4-8-19-12)20(17,18)14-7-6-11(2)9-13(14)15/h4-9H,3,10,15H2,1-2H3. The van der Waals surface area contributed by atoms with Gasteiger partial charge in [-0.05, 0) is 36.8 Å². The van der Waals surface area contributed by atoms with Crippen molar-refractivity contribution in [3.63, 3.8) is 0 Å². The lowest BCUT2D eigenvalue weighted by molar-refractivity contribution is 0.375. The molecule has 0 unspecified atom stereocenters. The van der Waals surface area contributed by atoms with E-state index in [1.807, 2.05) is 6.92 Å². The van der Waals surface area contributed by atoms with Gasteiger partial charge in [0.25, 0.3) is 0 Å². The molecule has 0 atom stereocenters. The van der Waals surface area contributed by atoms with Gasteiger partial charge in [0, 0.05) is 6.54 Å². The van der Waals surface area contributed by atoms with Crippen LogP contribution in [0.5, 0.6) is 0 Å². The van der Waals surface area contributed by atoms with Crippen LogP contribution in [0.1, 0.15) is 18.2 Å². The van der Waals surface area contributed by atoms with E-state index in [1.165, 1.54) is 10.6 Å². The quantitative estimate of drug-likeness (QED) is 0.859. The van der Waals surface area contributed by atoms with E-state index in [0.29, 0.717) is 12.3 Å². The molecule has 0 saturated carbocycles. The Kier molecular flexibility index (Phi) is 4.15. The Hall–Kier alpha value is -1.79. The molecule has 0 aliphatic carbocycles. The highest BCUT2D eigenvalue weighted by atomic mass is 32.2. The van der Waals surface area contributed by atoms with E-state index < -0.39 is 10.0 Å². The summed E-state index contributed by atoms with van der Waals surface area (Å²) in [4.78, 5) is 0.136. The third kappa shape index (κ3) is 2.86. The van der Waals surface area contributed by atoms with Gasteiger partial charge >= 0.3 is 0 Å². The molecule has 1 heterocycles. The van der Waals surface area contributed by atoms with E-state index in [-0.39, 0.29) is 17.1 Å². The summed E-state index contributed by atoms with van der Waals surface area (Å²) in [7, 11) is -3.63. The zero-order chi connectivity index (χ0) is 14.8. The van der Waals surface area contributed by atoms with Crippen molar-refractivity contribution in [2.24, 2.45) is 0 Å². The first-order valence-corrected chi connectivity index (χ1v) is 7.78. The highest BCUT2D eigenvalue weighted by Gasteiger charge is 2.26. The van der Waals surface area contributed by atoms with Crippen LogP contribution in [-0.4, -0.2) is 19.3 Å². The van der Waals surface area contributed by atoms with Gasteiger partial charge in [-0.2, -0.15) is 4.31 Å². The second kappa shape index (κ2) is 5.68. The van der Waals surface area contributed by atoms with Crippen LogP contribution in [0.4, 0.5) is 5.69 Å². The fourth-order valence-electron chi connectivity index (χ4n) is 1.98. The first kappa shape index (κ1) is 14.6. The van der Waals surface area contributed by atoms with Gasteiger partial charge in [-0.15, -0.1) is 0 Å². The Labute approximate surface area is 119 Å². The summed E-state index contributed by atoms with van der Waals surface area (Å²) in [5.74, 6) is 0.598. The molecule has 1 aromatic carbocycles. The highest BCUT2D eigenvalue weighted by molar-refractivity contribution is 7.89. The minimum atomic E-state index is -3.63. The summed E-state index contributed by atoms with van der Waals surface area (Å²) < 4.78 is 31.8. The van der Waals surface area contributed by atoms with Crippen LogP contribution in [0, 0.1) is 6.92 Å². The van der Waals surface area contributed by atoms with Crippen molar-refractivity contribution in [3.05, 3.63) is 47.9 Å². The third-order valence-electron chi connectivity index (χ3n) is 3.05. The van der Waals surface area contributed by atoms with Crippen LogP contribution < -0.4 is 5.73 Å². The third-order valence-corrected chi connectivity index (χ3v) is 5.04. The molecule has 2 N–H and O–H groups in total. The fraction of sp³-hybridized carbons (Fsp3) is 0.286. The SMILES string of the molecule is CCN(Cc1ccco1)S(=O)(=O)c1ccc(C)cc1N. The first-order valence-electron chi connectivity index (χ1n) is 6.34. The molecule has 0 fully saturated rings. The maximum Gasteiger partial charge on any atom is 0.245 e. The molecule has 1 aromatic heterocycles. The van der Waals surface area contributed by atoms with Gasteiger partial charge < -0.3 is 10.2 Å². The van der Waals surface area contributed by atoms with Crippen LogP contribution >= 0.6 is 0 Å². The number of anilines is 1. The molecule has 20 heavy (non-hydrogen) atoms. The fourth-order valence-corrected chi connectivity index (χ4v) is 3.50. The Bertz CT molecular complexity index is 678. The molecule has 0 bridgehead atoms. The monoisotopic (exact) mass is 294 g/mol. The lowest BCUT2D eigenvalue weighted by Gasteiger charge is -2.20. The predicted octanol–water partition coefficient (Wildman–Crippen LogP) is 2.38. The summed E-state index contributed by atoms with van der Waals surface area (Å²) in [5, 5.41) is 0. The molecule has 2 rings (SSSR count). The van der Waals surface area contributed by atoms with Crippen LogP contribution in [0.15, 0.2) is 45.9 Å². The number of sulfonamides is 1. The van der Waals surface area contributed by atoms with Crippen LogP contribution in [0.2, 0.25) is 0 Å². The van der Waals surface area contributed by atoms with Crippen molar-refractivity contribution in [1.82, 2.24) is 4.31 Å². The number of rotatable bonds is 5. The average molecular weight is 294 g/mol. The number of nitrogens with zero attached hydrogens (tertiary/aromatic N) is 1. The van der Waals surface area contributed by atoms with E-state index in [0.717, 1.165) is 5.56 Å². The molecule has 0 aliphatic rings. The summed E-state index contributed by atoms with van der Waals surface area (Å²) in [5.41, 5.74) is 7.04. The molecule has 0 radical (unpaired) electrons. The van der Waals surface area contributed by atoms with Crippen LogP contribution in [0.3, 0.4) is 0 Å². The summed E-state index contributed by atoms with van der Waals surface area (Å²) in [6.45, 7) is 4.19. The molecule has 0 saturated heterocycles. The molecule has 108 valence electrons. The first-order chi connectivity index (χ1) is 9.45. The molecular weight excluding hydrogens is 276 g/mol. The van der Waals surface area contributed by atoms with Crippen molar-refractivity contribution in [2.75, 3.05) is 12.3 Å². The lowest BCUT2D eigenvalue weighted by atomic mass is 10.2. The van der Waals surface area contributed by atoms with E-state index in [4.69, 9.17) is 10.2 Å². The zero-order valence-electron chi connectivity index (χ0n) is 11.5. The van der Waals surface area contributed by atoms with Gasteiger partial charge in [-0.3, -0.25) is 0 Å². The molecular formula is C14H18N2O3S. The van der Waals surface area contributed by atoms with Gasteiger partial charge in [0.05, 0.1) is 18.5 Å². The van der Waals surface area contributed by atoms with Crippen molar-refractivity contribution < 1.29 is 12.8 Å². The number of aryl methyl sites for hydroxylation is 1. The number of hydrogen-bond donors (Lipinski definition) is 1. The maximum atomic E-state index is 12.6. The van der Waals surface area contributed by atoms with E-state index >= 15 is 0 Å². The Morgan fingerprint density at radius 2 is 2.05 bits per heavy atom. The topological polar surface area (TPSA) is 76.5 Å². The van der Waals surface area contributed by atoms with E-state index in [1.54, 1.807) is 37.3 Å². The second-order valence-corrected chi connectivity index (χ2v) is 6.46. The van der Waals surface area contributed by atoms with Gasteiger partial charge in [0.2, 0.25) is 10.0 Å².